The van der Waals surface area contributed by atoms with Crippen molar-refractivity contribution < 1.29 is 28.0 Å². The number of hydrogen-bond donors (Lipinski definition) is 4. The third-order valence-corrected chi connectivity index (χ3v) is 37.1. The molecule has 0 amide bonds. The van der Waals surface area contributed by atoms with Gasteiger partial charge in [0.05, 0.1) is 44.7 Å². The molecule has 0 aromatic carbocycles. The molecule has 86 heavy (non-hydrogen) atoms. The number of carbonyl (C=O) groups is 1. The summed E-state index contributed by atoms with van der Waals surface area (Å²) in [5.41, 5.74) is 8.68. The molecule has 0 aliphatic rings. The highest BCUT2D eigenvalue weighted by Crippen LogP contribution is 2.37. The van der Waals surface area contributed by atoms with Gasteiger partial charge in [-0.1, -0.05) is 278 Å². The fourth-order valence-corrected chi connectivity index (χ4v) is 25.8. The molecule has 0 aliphatic carbocycles. The molecule has 1 heterocycles. The molecule has 0 fully saturated rings. The van der Waals surface area contributed by atoms with Crippen molar-refractivity contribution in [3.05, 3.63) is 30.1 Å². The standard InChI is InChI=1S/C14H35NOSi2.C12H33NSi3.C11H26Si.C10H17NSi.C6H17NSi.C6H16O3SSi.C6H14O2Si/c1-17(2,3)13-7-9-15(11-12-16)10-8-14-18(4,5)6;1-14(2,3)10-13(11-15(4,5)6)12-16(7,8)9;1-7-8-9-12(6,10(2)3)11(4)5;1-12(2,3)9-6-10-4-7-11-8-5-10;1-8(2,3)6-4-5-7;1-11(2,3)6-4-5-10(7,8)9;1-9(2,3)5-4-6(7)8/h16H,7-14H2,1-6H3;10-12H2,1-9H3;10-11H,7-9H2,1-6H3;4-5,7-8H,6,9H2,1-3H3;4-7H2,1-3H3;4-6H2,1-3H3,(H,7,8,9);4-5H2,1-3H3,(H,7,8). The second-order valence-corrected chi connectivity index (χ2v) is 94.3. The van der Waals surface area contributed by atoms with Gasteiger partial charge in [-0.3, -0.25) is 14.3 Å². The van der Waals surface area contributed by atoms with Crippen molar-refractivity contribution in [2.75, 3.05) is 57.0 Å². The summed E-state index contributed by atoms with van der Waals surface area (Å²) >= 11 is 0. The van der Waals surface area contributed by atoms with E-state index in [1.807, 2.05) is 12.4 Å². The maximum atomic E-state index is 10.3. The first-order valence-corrected chi connectivity index (χ1v) is 71.8. The Balaban J connectivity index is -0.000000220. The first kappa shape index (κ1) is 97.6. The van der Waals surface area contributed by atoms with E-state index in [0.717, 1.165) is 36.3 Å². The summed E-state index contributed by atoms with van der Waals surface area (Å²) in [7, 11) is -13.1. The fraction of sp³-hybridized carbons (Fsp3) is 0.908. The number of aromatic nitrogens is 1. The molecule has 520 valence electrons. The molecule has 0 radical (unpaired) electrons. The minimum atomic E-state index is -3.72. The van der Waals surface area contributed by atoms with Crippen LogP contribution >= 0.6 is 0 Å². The summed E-state index contributed by atoms with van der Waals surface area (Å²) in [6, 6.07) is 13.2. The van der Waals surface area contributed by atoms with Crippen LogP contribution in [0.3, 0.4) is 0 Å². The molecular weight excluding hydrogens is 1250 g/mol. The molecule has 10 nitrogen and oxygen atoms in total. The first-order chi connectivity index (χ1) is 38.1. The third kappa shape index (κ3) is 86.6. The van der Waals surface area contributed by atoms with Gasteiger partial charge in [0, 0.05) is 73.8 Å². The molecule has 0 saturated heterocycles. The third-order valence-electron chi connectivity index (χ3n) is 14.5. The number of aliphatic hydroxyl groups excluding tert-OH is 1. The van der Waals surface area contributed by atoms with Gasteiger partial charge in [-0.25, -0.2) is 0 Å². The van der Waals surface area contributed by atoms with E-state index in [2.05, 4.69) is 245 Å². The van der Waals surface area contributed by atoms with Crippen molar-refractivity contribution in [1.82, 2.24) is 14.8 Å². The van der Waals surface area contributed by atoms with E-state index in [-0.39, 0.29) is 5.75 Å². The SMILES string of the molecule is CCCC[Si](C)(C(C)C)C(C)C.C[Si](C)(C)CCC(=O)O.C[Si](C)(C)CCCN.C[Si](C)(C)CCCN(CCO)CCC[Si](C)(C)C.C[Si](C)(C)CCCS(=O)(=O)O.C[Si](C)(C)CCc1ccncc1.C[Si](C)(C)CN(C[Si](C)(C)C)C[Si](C)(C)C. The van der Waals surface area contributed by atoms with E-state index in [1.54, 1.807) is 0 Å². The number of aliphatic carboxylic acids is 1. The maximum absolute atomic E-state index is 10.3. The number of carboxylic acid groups (broad SMARTS) is 1. The van der Waals surface area contributed by atoms with E-state index in [9.17, 15) is 13.2 Å². The van der Waals surface area contributed by atoms with E-state index < -0.39 is 96.8 Å². The summed E-state index contributed by atoms with van der Waals surface area (Å²) in [6.45, 7) is 83.5. The van der Waals surface area contributed by atoms with Crippen LogP contribution in [0.25, 0.3) is 0 Å². The lowest BCUT2D eigenvalue weighted by molar-refractivity contribution is -0.136. The Morgan fingerprint density at radius 2 is 0.826 bits per heavy atom. The van der Waals surface area contributed by atoms with Gasteiger partial charge < -0.3 is 25.7 Å². The number of unbranched alkanes of at least 4 members (excludes halogenated alkanes) is 1. The van der Waals surface area contributed by atoms with Gasteiger partial charge >= 0.3 is 5.97 Å². The van der Waals surface area contributed by atoms with Crippen molar-refractivity contribution in [1.29, 1.82) is 0 Å². The largest absolute Gasteiger partial charge is 0.481 e. The fourth-order valence-electron chi connectivity index (χ4n) is 9.09. The van der Waals surface area contributed by atoms with Crippen molar-refractivity contribution in [2.24, 2.45) is 5.73 Å². The van der Waals surface area contributed by atoms with Gasteiger partial charge in [0.1, 0.15) is 0 Å². The second-order valence-electron chi connectivity index (χ2n) is 36.9. The van der Waals surface area contributed by atoms with E-state index in [1.165, 1.54) is 106 Å². The lowest BCUT2D eigenvalue weighted by Crippen LogP contribution is -2.52. The predicted octanol–water partition coefficient (Wildman–Crippen LogP) is 20.4. The van der Waals surface area contributed by atoms with Gasteiger partial charge in [-0.05, 0) is 94.0 Å². The summed E-state index contributed by atoms with van der Waals surface area (Å²) < 4.78 is 29.0. The summed E-state index contributed by atoms with van der Waals surface area (Å²) in [5.74, 6) is -0.755. The van der Waals surface area contributed by atoms with Crippen LogP contribution in [-0.2, 0) is 21.3 Å². The quantitative estimate of drug-likeness (QED) is 0.0387. The van der Waals surface area contributed by atoms with Gasteiger partial charge in [0.25, 0.3) is 10.1 Å². The average molecular weight is 1400 g/mol. The molecular formula is C65H158N4O6SSi10. The molecule has 0 aliphatic heterocycles. The molecule has 0 atom stereocenters. The Labute approximate surface area is 551 Å². The van der Waals surface area contributed by atoms with Gasteiger partial charge in [-0.15, -0.1) is 0 Å². The topological polar surface area (TPSA) is 157 Å². The van der Waals surface area contributed by atoms with Crippen LogP contribution in [0.15, 0.2) is 24.5 Å². The number of pyridine rings is 1. The van der Waals surface area contributed by atoms with Crippen LogP contribution in [0.1, 0.15) is 85.1 Å². The highest BCUT2D eigenvalue weighted by molar-refractivity contribution is 7.85. The Bertz CT molecular complexity index is 1810. The van der Waals surface area contributed by atoms with Gasteiger partial charge in [0.2, 0.25) is 0 Å². The molecule has 0 bridgehead atoms. The number of aliphatic hydroxyl groups is 1. The first-order valence-electron chi connectivity index (χ1n) is 34.0. The lowest BCUT2D eigenvalue weighted by Gasteiger charge is -2.36. The highest BCUT2D eigenvalue weighted by Gasteiger charge is 2.33. The normalized spacial score (nSPS) is 13.0. The number of aryl methyl sites for hydroxylation is 1. The Kier molecular flexibility index (Phi) is 53.8. The van der Waals surface area contributed by atoms with Gasteiger partial charge in [-0.2, -0.15) is 8.42 Å². The number of nitrogens with two attached hydrogens (primary N) is 1. The van der Waals surface area contributed by atoms with Crippen molar-refractivity contribution >= 4 is 96.8 Å². The zero-order valence-corrected chi connectivity index (χ0v) is 75.1. The summed E-state index contributed by atoms with van der Waals surface area (Å²) in [6.07, 6.45) is 16.7. The van der Waals surface area contributed by atoms with Crippen molar-refractivity contribution in [3.63, 3.8) is 0 Å². The summed E-state index contributed by atoms with van der Waals surface area (Å²) in [5, 5.41) is 17.4. The van der Waals surface area contributed by atoms with Crippen LogP contribution in [0.2, 0.25) is 237 Å². The zero-order valence-electron chi connectivity index (χ0n) is 64.3. The Morgan fingerprint density at radius 1 is 0.488 bits per heavy atom. The van der Waals surface area contributed by atoms with Crippen molar-refractivity contribution in [3.8, 4) is 0 Å². The molecule has 1 rings (SSSR count). The molecule has 0 saturated carbocycles. The van der Waals surface area contributed by atoms with E-state index in [4.69, 9.17) is 20.5 Å². The molecule has 5 N–H and O–H groups in total. The number of carboxylic acids is 1. The van der Waals surface area contributed by atoms with Crippen LogP contribution in [0.5, 0.6) is 0 Å². The molecule has 0 unspecified atom stereocenters. The molecule has 0 spiro atoms. The van der Waals surface area contributed by atoms with E-state index >= 15 is 0 Å². The minimum absolute atomic E-state index is 0.0860. The van der Waals surface area contributed by atoms with E-state index in [0.29, 0.717) is 19.4 Å². The number of hydrogen-bond acceptors (Lipinski definition) is 8. The molecule has 1 aromatic heterocycles. The smallest absolute Gasteiger partial charge is 0.303 e. The molecule has 21 heteroatoms. The summed E-state index contributed by atoms with van der Waals surface area (Å²) in [4.78, 5) is 19.3. The molecule has 1 aromatic rings. The average Bonchev–Trinajstić information content (AvgIpc) is 3.26. The monoisotopic (exact) mass is 1400 g/mol. The van der Waals surface area contributed by atoms with Crippen LogP contribution in [-0.4, -0.2) is 182 Å². The number of rotatable bonds is 34. The van der Waals surface area contributed by atoms with Crippen LogP contribution < -0.4 is 5.73 Å². The number of nitrogens with zero attached hydrogens (tertiary/aromatic N) is 3. The lowest BCUT2D eigenvalue weighted by atomic mass is 10.2. The van der Waals surface area contributed by atoms with Crippen LogP contribution in [0, 0.1) is 0 Å². The van der Waals surface area contributed by atoms with Crippen molar-refractivity contribution in [2.45, 2.75) is 323 Å². The predicted molar refractivity (Wildman–Crippen MR) is 425 cm³/mol. The Morgan fingerprint density at radius 3 is 1.07 bits per heavy atom. The Hall–Kier alpha value is 0.539. The second kappa shape index (κ2) is 47.4. The highest BCUT2D eigenvalue weighted by atomic mass is 32.2. The van der Waals surface area contributed by atoms with Crippen LogP contribution in [0.4, 0.5) is 0 Å². The zero-order chi connectivity index (χ0) is 69.5. The maximum Gasteiger partial charge on any atom is 0.303 e. The minimum Gasteiger partial charge on any atom is -0.481 e. The van der Waals surface area contributed by atoms with Gasteiger partial charge in [0.15, 0.2) is 0 Å².